The lowest BCUT2D eigenvalue weighted by Crippen LogP contribution is -2.04. The number of hydrogen-bond donors (Lipinski definition) is 0. The Hall–Kier alpha value is -2.95. The Morgan fingerprint density at radius 3 is 2.76 bits per heavy atom. The van der Waals surface area contributed by atoms with E-state index in [0.717, 1.165) is 5.56 Å². The van der Waals surface area contributed by atoms with Crippen LogP contribution in [0.5, 0.6) is 0 Å². The summed E-state index contributed by atoms with van der Waals surface area (Å²) in [7, 11) is 0. The van der Waals surface area contributed by atoms with Crippen LogP contribution in [-0.2, 0) is 6.54 Å². The zero-order chi connectivity index (χ0) is 14.2. The van der Waals surface area contributed by atoms with Gasteiger partial charge in [-0.3, -0.25) is 4.79 Å². The second-order valence-electron chi connectivity index (χ2n) is 4.85. The van der Waals surface area contributed by atoms with Crippen molar-refractivity contribution in [1.82, 2.24) is 14.8 Å². The van der Waals surface area contributed by atoms with Crippen LogP contribution >= 0.6 is 0 Å². The van der Waals surface area contributed by atoms with E-state index >= 15 is 0 Å². The molecule has 2 heterocycles. The maximum Gasteiger partial charge on any atom is 0.200 e. The minimum atomic E-state index is -0.000782. The van der Waals surface area contributed by atoms with Gasteiger partial charge in [0.1, 0.15) is 23.8 Å². The number of fused-ring (bicyclic) bond motifs is 2. The van der Waals surface area contributed by atoms with Gasteiger partial charge >= 0.3 is 0 Å². The van der Waals surface area contributed by atoms with Crippen molar-refractivity contribution in [1.29, 1.82) is 0 Å². The monoisotopic (exact) mass is 277 g/mol. The maximum atomic E-state index is 12.4. The summed E-state index contributed by atoms with van der Waals surface area (Å²) in [5.74, 6) is 0. The molecule has 102 valence electrons. The Morgan fingerprint density at radius 2 is 1.90 bits per heavy atom. The summed E-state index contributed by atoms with van der Waals surface area (Å²) in [6.45, 7) is 0.590. The zero-order valence-electron chi connectivity index (χ0n) is 11.1. The Bertz CT molecular complexity index is 987. The molecule has 2 aromatic heterocycles. The quantitative estimate of drug-likeness (QED) is 0.528. The molecule has 0 amide bonds. The highest BCUT2D eigenvalue weighted by Gasteiger charge is 2.08. The van der Waals surface area contributed by atoms with E-state index < -0.39 is 0 Å². The molecular formula is C16H11N3O2. The highest BCUT2D eigenvalue weighted by Crippen LogP contribution is 2.19. The van der Waals surface area contributed by atoms with E-state index in [9.17, 15) is 4.79 Å². The summed E-state index contributed by atoms with van der Waals surface area (Å²) in [4.78, 5) is 16.3. The van der Waals surface area contributed by atoms with Crippen molar-refractivity contribution in [2.45, 2.75) is 6.54 Å². The average Bonchev–Trinajstić information content (AvgIpc) is 3.00. The van der Waals surface area contributed by atoms with Gasteiger partial charge in [-0.2, -0.15) is 5.10 Å². The SMILES string of the molecule is O=c1c2ccccc2oc2cc(Cn3cncn3)ccc12. The average molecular weight is 277 g/mol. The van der Waals surface area contributed by atoms with Gasteiger partial charge in [0.2, 0.25) is 5.43 Å². The van der Waals surface area contributed by atoms with Gasteiger partial charge in [-0.1, -0.05) is 18.2 Å². The summed E-state index contributed by atoms with van der Waals surface area (Å²) in [6, 6.07) is 12.9. The minimum Gasteiger partial charge on any atom is -0.456 e. The Morgan fingerprint density at radius 1 is 1.05 bits per heavy atom. The normalized spacial score (nSPS) is 11.2. The fourth-order valence-corrected chi connectivity index (χ4v) is 2.45. The minimum absolute atomic E-state index is 0.000782. The van der Waals surface area contributed by atoms with Crippen molar-refractivity contribution in [2.75, 3.05) is 0 Å². The molecule has 5 heteroatoms. The highest BCUT2D eigenvalue weighted by molar-refractivity contribution is 5.89. The first-order chi connectivity index (χ1) is 10.3. The van der Waals surface area contributed by atoms with E-state index in [1.807, 2.05) is 24.3 Å². The molecule has 2 aromatic carbocycles. The molecule has 0 atom stereocenters. The van der Waals surface area contributed by atoms with Gasteiger partial charge in [-0.15, -0.1) is 0 Å². The van der Waals surface area contributed by atoms with E-state index in [2.05, 4.69) is 10.1 Å². The van der Waals surface area contributed by atoms with Gasteiger partial charge in [0.25, 0.3) is 0 Å². The highest BCUT2D eigenvalue weighted by atomic mass is 16.3. The molecule has 0 spiro atoms. The first-order valence-electron chi connectivity index (χ1n) is 6.58. The van der Waals surface area contributed by atoms with Gasteiger partial charge in [0.05, 0.1) is 17.3 Å². The molecule has 0 bridgehead atoms. The number of rotatable bonds is 2. The lowest BCUT2D eigenvalue weighted by Gasteiger charge is -2.04. The fraction of sp³-hybridized carbons (Fsp3) is 0.0625. The van der Waals surface area contributed by atoms with E-state index in [-0.39, 0.29) is 5.43 Å². The Labute approximate surface area is 119 Å². The van der Waals surface area contributed by atoms with Gasteiger partial charge in [0, 0.05) is 0 Å². The molecule has 0 saturated heterocycles. The van der Waals surface area contributed by atoms with Crippen LogP contribution in [0.3, 0.4) is 0 Å². The first kappa shape index (κ1) is 11.8. The molecule has 4 rings (SSSR count). The largest absolute Gasteiger partial charge is 0.456 e. The molecule has 21 heavy (non-hydrogen) atoms. The molecule has 4 aromatic rings. The van der Waals surface area contributed by atoms with Crippen LogP contribution in [0.15, 0.2) is 64.3 Å². The van der Waals surface area contributed by atoms with Crippen molar-refractivity contribution in [3.8, 4) is 0 Å². The van der Waals surface area contributed by atoms with E-state index in [4.69, 9.17) is 4.42 Å². The predicted octanol–water partition coefficient (Wildman–Crippen LogP) is 2.59. The predicted molar refractivity (Wildman–Crippen MR) is 79.1 cm³/mol. The van der Waals surface area contributed by atoms with E-state index in [1.165, 1.54) is 6.33 Å². The van der Waals surface area contributed by atoms with Crippen molar-refractivity contribution < 1.29 is 4.42 Å². The number of benzene rings is 2. The molecule has 0 aliphatic carbocycles. The second-order valence-corrected chi connectivity index (χ2v) is 4.85. The smallest absolute Gasteiger partial charge is 0.200 e. The fourth-order valence-electron chi connectivity index (χ4n) is 2.45. The molecule has 0 saturated carbocycles. The van der Waals surface area contributed by atoms with E-state index in [1.54, 1.807) is 29.2 Å². The molecule has 0 aliphatic heterocycles. The van der Waals surface area contributed by atoms with Crippen molar-refractivity contribution in [3.63, 3.8) is 0 Å². The van der Waals surface area contributed by atoms with Crippen LogP contribution in [0, 0.1) is 0 Å². The standard InChI is InChI=1S/C16H11N3O2/c20-16-12-3-1-2-4-14(12)21-15-7-11(5-6-13(15)16)8-19-10-17-9-18-19/h1-7,9-10H,8H2. The van der Waals surface area contributed by atoms with Crippen molar-refractivity contribution in [2.24, 2.45) is 0 Å². The summed E-state index contributed by atoms with van der Waals surface area (Å²) in [5.41, 5.74) is 2.20. The summed E-state index contributed by atoms with van der Waals surface area (Å²) >= 11 is 0. The summed E-state index contributed by atoms with van der Waals surface area (Å²) < 4.78 is 7.56. The number of hydrogen-bond acceptors (Lipinski definition) is 4. The van der Waals surface area contributed by atoms with Gasteiger partial charge < -0.3 is 4.42 Å². The zero-order valence-corrected chi connectivity index (χ0v) is 11.1. The molecule has 0 unspecified atom stereocenters. The van der Waals surface area contributed by atoms with Crippen LogP contribution < -0.4 is 5.43 Å². The van der Waals surface area contributed by atoms with E-state index in [0.29, 0.717) is 28.5 Å². The van der Waals surface area contributed by atoms with Crippen LogP contribution in [0.25, 0.3) is 21.9 Å². The molecule has 0 aliphatic rings. The topological polar surface area (TPSA) is 60.9 Å². The van der Waals surface area contributed by atoms with Gasteiger partial charge in [0.15, 0.2) is 0 Å². The maximum absolute atomic E-state index is 12.4. The second kappa shape index (κ2) is 4.56. The number of nitrogens with zero attached hydrogens (tertiary/aromatic N) is 3. The van der Waals surface area contributed by atoms with Crippen molar-refractivity contribution >= 4 is 21.9 Å². The van der Waals surface area contributed by atoms with Crippen LogP contribution in [0.1, 0.15) is 5.56 Å². The van der Waals surface area contributed by atoms with Crippen molar-refractivity contribution in [3.05, 3.63) is 70.9 Å². The third-order valence-electron chi connectivity index (χ3n) is 3.45. The molecule has 0 fully saturated rings. The first-order valence-corrected chi connectivity index (χ1v) is 6.58. The molecule has 5 nitrogen and oxygen atoms in total. The number of aromatic nitrogens is 3. The van der Waals surface area contributed by atoms with Crippen LogP contribution in [-0.4, -0.2) is 14.8 Å². The summed E-state index contributed by atoms with van der Waals surface area (Å²) in [6.07, 6.45) is 3.15. The van der Waals surface area contributed by atoms with Gasteiger partial charge in [-0.25, -0.2) is 9.67 Å². The third-order valence-corrected chi connectivity index (χ3v) is 3.45. The lowest BCUT2D eigenvalue weighted by atomic mass is 10.1. The molecule has 0 N–H and O–H groups in total. The third kappa shape index (κ3) is 1.99. The molecular weight excluding hydrogens is 266 g/mol. The number of para-hydroxylation sites is 1. The van der Waals surface area contributed by atoms with Crippen LogP contribution in [0.2, 0.25) is 0 Å². The Balaban J connectivity index is 1.91. The summed E-state index contributed by atoms with van der Waals surface area (Å²) in [5, 5.41) is 5.27. The van der Waals surface area contributed by atoms with Gasteiger partial charge in [-0.05, 0) is 29.8 Å². The van der Waals surface area contributed by atoms with Crippen LogP contribution in [0.4, 0.5) is 0 Å². The molecule has 0 radical (unpaired) electrons. The Kier molecular flexibility index (Phi) is 2.57. The lowest BCUT2D eigenvalue weighted by molar-refractivity contribution is 0.654.